The van der Waals surface area contributed by atoms with Crippen LogP contribution in [0, 0.1) is 19.8 Å². The van der Waals surface area contributed by atoms with Gasteiger partial charge in [0, 0.05) is 13.1 Å². The van der Waals surface area contributed by atoms with Crippen LogP contribution in [0.15, 0.2) is 42.5 Å². The zero-order valence-electron chi connectivity index (χ0n) is 17.7. The van der Waals surface area contributed by atoms with Crippen molar-refractivity contribution in [2.24, 2.45) is 5.92 Å². The normalized spacial score (nSPS) is 15.7. The lowest BCUT2D eigenvalue weighted by atomic mass is 9.98. The highest BCUT2D eigenvalue weighted by Gasteiger charge is 2.24. The van der Waals surface area contributed by atoms with Crippen molar-refractivity contribution in [3.05, 3.63) is 59.2 Å². The van der Waals surface area contributed by atoms with Crippen LogP contribution in [0.3, 0.4) is 0 Å². The van der Waals surface area contributed by atoms with E-state index >= 15 is 0 Å². The second kappa shape index (κ2) is 9.12. The molecule has 0 spiro atoms. The standard InChI is InChI=1S/C24H30N2O3/c1-16-11-13-26(14-12-16)24(28)20-7-5-6-8-21(20)25-23(27)19(4)29-22-15-17(2)9-10-18(22)3/h5-10,15-16,19H,11-14H2,1-4H3,(H,25,27). The Labute approximate surface area is 173 Å². The van der Waals surface area contributed by atoms with Crippen LogP contribution >= 0.6 is 0 Å². The second-order valence-corrected chi connectivity index (χ2v) is 8.04. The van der Waals surface area contributed by atoms with Gasteiger partial charge in [0.05, 0.1) is 11.3 Å². The number of para-hydroxylation sites is 1. The highest BCUT2D eigenvalue weighted by atomic mass is 16.5. The van der Waals surface area contributed by atoms with Crippen molar-refractivity contribution in [3.63, 3.8) is 0 Å². The maximum atomic E-state index is 13.0. The second-order valence-electron chi connectivity index (χ2n) is 8.04. The Kier molecular flexibility index (Phi) is 6.57. The largest absolute Gasteiger partial charge is 0.481 e. The number of ether oxygens (including phenoxy) is 1. The number of anilines is 1. The topological polar surface area (TPSA) is 58.6 Å². The minimum atomic E-state index is -0.686. The highest BCUT2D eigenvalue weighted by Crippen LogP contribution is 2.24. The van der Waals surface area contributed by atoms with Crippen molar-refractivity contribution in [2.75, 3.05) is 18.4 Å². The molecular weight excluding hydrogens is 364 g/mol. The Hall–Kier alpha value is -2.82. The molecule has 1 saturated heterocycles. The van der Waals surface area contributed by atoms with Crippen molar-refractivity contribution < 1.29 is 14.3 Å². The van der Waals surface area contributed by atoms with E-state index in [0.717, 1.165) is 37.1 Å². The number of rotatable bonds is 5. The highest BCUT2D eigenvalue weighted by molar-refractivity contribution is 6.04. The number of carbonyl (C=O) groups is 2. The van der Waals surface area contributed by atoms with E-state index < -0.39 is 6.10 Å². The zero-order valence-corrected chi connectivity index (χ0v) is 17.7. The Bertz CT molecular complexity index is 885. The molecule has 0 aromatic heterocycles. The molecule has 1 aliphatic rings. The number of nitrogens with zero attached hydrogens (tertiary/aromatic N) is 1. The number of carbonyl (C=O) groups excluding carboxylic acids is 2. The van der Waals surface area contributed by atoms with Gasteiger partial charge in [0.1, 0.15) is 5.75 Å². The minimum absolute atomic E-state index is 0.0316. The smallest absolute Gasteiger partial charge is 0.265 e. The molecule has 5 heteroatoms. The van der Waals surface area contributed by atoms with Gasteiger partial charge < -0.3 is 15.0 Å². The summed E-state index contributed by atoms with van der Waals surface area (Å²) in [5, 5.41) is 2.88. The molecule has 1 fully saturated rings. The molecule has 2 amide bonds. The lowest BCUT2D eigenvalue weighted by Gasteiger charge is -2.31. The maximum absolute atomic E-state index is 13.0. The number of piperidine rings is 1. The summed E-state index contributed by atoms with van der Waals surface area (Å²) in [4.78, 5) is 27.6. The number of hydrogen-bond donors (Lipinski definition) is 1. The molecule has 29 heavy (non-hydrogen) atoms. The molecule has 1 aliphatic heterocycles. The van der Waals surface area contributed by atoms with Crippen LogP contribution in [-0.4, -0.2) is 35.9 Å². The van der Waals surface area contributed by atoms with Crippen molar-refractivity contribution in [3.8, 4) is 5.75 Å². The van der Waals surface area contributed by atoms with Gasteiger partial charge in [-0.2, -0.15) is 0 Å². The van der Waals surface area contributed by atoms with E-state index in [-0.39, 0.29) is 11.8 Å². The van der Waals surface area contributed by atoms with Crippen LogP contribution in [0.5, 0.6) is 5.75 Å². The van der Waals surface area contributed by atoms with Crippen molar-refractivity contribution in [2.45, 2.75) is 46.6 Å². The Balaban J connectivity index is 1.70. The molecule has 1 heterocycles. The number of aryl methyl sites for hydroxylation is 2. The summed E-state index contributed by atoms with van der Waals surface area (Å²) >= 11 is 0. The maximum Gasteiger partial charge on any atom is 0.265 e. The van der Waals surface area contributed by atoms with Crippen LogP contribution in [0.4, 0.5) is 5.69 Å². The van der Waals surface area contributed by atoms with Gasteiger partial charge >= 0.3 is 0 Å². The number of likely N-dealkylation sites (tertiary alicyclic amines) is 1. The van der Waals surface area contributed by atoms with Gasteiger partial charge in [0.2, 0.25) is 0 Å². The van der Waals surface area contributed by atoms with Gasteiger partial charge in [-0.1, -0.05) is 31.2 Å². The molecule has 1 unspecified atom stereocenters. The third kappa shape index (κ3) is 5.17. The van der Waals surface area contributed by atoms with Crippen LogP contribution in [-0.2, 0) is 4.79 Å². The fourth-order valence-corrected chi connectivity index (χ4v) is 3.47. The predicted molar refractivity (Wildman–Crippen MR) is 115 cm³/mol. The Morgan fingerprint density at radius 1 is 1.10 bits per heavy atom. The number of nitrogens with one attached hydrogen (secondary N) is 1. The molecular formula is C24H30N2O3. The minimum Gasteiger partial charge on any atom is -0.481 e. The van der Waals surface area contributed by atoms with E-state index in [4.69, 9.17) is 4.74 Å². The third-order valence-corrected chi connectivity index (χ3v) is 5.50. The van der Waals surface area contributed by atoms with Crippen LogP contribution < -0.4 is 10.1 Å². The quantitative estimate of drug-likeness (QED) is 0.807. The summed E-state index contributed by atoms with van der Waals surface area (Å²) in [7, 11) is 0. The lowest BCUT2D eigenvalue weighted by Crippen LogP contribution is -2.38. The summed E-state index contributed by atoms with van der Waals surface area (Å²) in [6.07, 6.45) is 1.34. The van der Waals surface area contributed by atoms with Crippen molar-refractivity contribution >= 4 is 17.5 Å². The van der Waals surface area contributed by atoms with Gasteiger partial charge in [-0.15, -0.1) is 0 Å². The summed E-state index contributed by atoms with van der Waals surface area (Å²) < 4.78 is 5.88. The summed E-state index contributed by atoms with van der Waals surface area (Å²) in [5.41, 5.74) is 3.10. The fourth-order valence-electron chi connectivity index (χ4n) is 3.47. The lowest BCUT2D eigenvalue weighted by molar-refractivity contribution is -0.122. The first kappa shape index (κ1) is 20.9. The molecule has 5 nitrogen and oxygen atoms in total. The SMILES string of the molecule is Cc1ccc(C)c(OC(C)C(=O)Nc2ccccc2C(=O)N2CCC(C)CC2)c1. The number of amides is 2. The molecule has 0 bridgehead atoms. The molecule has 0 radical (unpaired) electrons. The fraction of sp³-hybridized carbons (Fsp3) is 0.417. The monoisotopic (exact) mass is 394 g/mol. The molecule has 1 atom stereocenters. The molecule has 1 N–H and O–H groups in total. The van der Waals surface area contributed by atoms with E-state index in [1.165, 1.54) is 0 Å². The van der Waals surface area contributed by atoms with Crippen LogP contribution in [0.2, 0.25) is 0 Å². The van der Waals surface area contributed by atoms with Crippen molar-refractivity contribution in [1.29, 1.82) is 0 Å². The van der Waals surface area contributed by atoms with E-state index in [0.29, 0.717) is 22.9 Å². The number of benzene rings is 2. The molecule has 154 valence electrons. The summed E-state index contributed by atoms with van der Waals surface area (Å²) in [6, 6.07) is 13.1. The van der Waals surface area contributed by atoms with Gasteiger partial charge in [0.15, 0.2) is 6.10 Å². The van der Waals surface area contributed by atoms with Crippen LogP contribution in [0.25, 0.3) is 0 Å². The first-order chi connectivity index (χ1) is 13.8. The third-order valence-electron chi connectivity index (χ3n) is 5.50. The van der Waals surface area contributed by atoms with Gasteiger partial charge in [-0.25, -0.2) is 0 Å². The summed E-state index contributed by atoms with van der Waals surface area (Å²) in [6.45, 7) is 9.39. The van der Waals surface area contributed by atoms with E-state index in [2.05, 4.69) is 12.2 Å². The molecule has 3 rings (SSSR count). The van der Waals surface area contributed by atoms with E-state index in [9.17, 15) is 9.59 Å². The average molecular weight is 395 g/mol. The van der Waals surface area contributed by atoms with E-state index in [1.807, 2.05) is 49.1 Å². The van der Waals surface area contributed by atoms with Gasteiger partial charge in [-0.05, 0) is 68.9 Å². The average Bonchev–Trinajstić information content (AvgIpc) is 2.71. The molecule has 2 aromatic carbocycles. The van der Waals surface area contributed by atoms with Crippen LogP contribution in [0.1, 0.15) is 48.2 Å². The van der Waals surface area contributed by atoms with E-state index in [1.54, 1.807) is 19.1 Å². The summed E-state index contributed by atoms with van der Waals surface area (Å²) in [5.74, 6) is 1.03. The Morgan fingerprint density at radius 2 is 1.79 bits per heavy atom. The zero-order chi connectivity index (χ0) is 21.0. The number of hydrogen-bond acceptors (Lipinski definition) is 3. The first-order valence-electron chi connectivity index (χ1n) is 10.3. The first-order valence-corrected chi connectivity index (χ1v) is 10.3. The van der Waals surface area contributed by atoms with Gasteiger partial charge in [-0.3, -0.25) is 9.59 Å². The predicted octanol–water partition coefficient (Wildman–Crippen LogP) is 4.58. The van der Waals surface area contributed by atoms with Gasteiger partial charge in [0.25, 0.3) is 11.8 Å². The molecule has 0 saturated carbocycles. The Morgan fingerprint density at radius 3 is 2.52 bits per heavy atom. The molecule has 0 aliphatic carbocycles. The van der Waals surface area contributed by atoms with Crippen molar-refractivity contribution in [1.82, 2.24) is 4.90 Å². The molecule has 2 aromatic rings.